The molecule has 0 fully saturated rings. The molecule has 5 nitrogen and oxygen atoms in total. The molecule has 0 aliphatic carbocycles. The van der Waals surface area contributed by atoms with Gasteiger partial charge in [0.25, 0.3) is 0 Å². The van der Waals surface area contributed by atoms with E-state index in [1.54, 1.807) is 6.33 Å². The Balaban J connectivity index is 2.18. The molecule has 0 aromatic carbocycles. The number of rotatable bonds is 7. The first kappa shape index (κ1) is 15.2. The highest BCUT2D eigenvalue weighted by atomic mass is 15.1. The highest BCUT2D eigenvalue weighted by Gasteiger charge is 2.10. The third-order valence-electron chi connectivity index (χ3n) is 3.43. The number of hydrogen-bond acceptors (Lipinski definition) is 5. The van der Waals surface area contributed by atoms with Crippen molar-refractivity contribution in [3.8, 4) is 0 Å². The Hall–Kier alpha value is -2.17. The van der Waals surface area contributed by atoms with Crippen LogP contribution in [0, 0.1) is 0 Å². The van der Waals surface area contributed by atoms with Crippen molar-refractivity contribution in [3.05, 3.63) is 41.5 Å². The van der Waals surface area contributed by atoms with Crippen LogP contribution < -0.4 is 10.6 Å². The Morgan fingerprint density at radius 1 is 0.952 bits per heavy atom. The molecule has 0 unspecified atom stereocenters. The van der Waals surface area contributed by atoms with Crippen LogP contribution in [0.3, 0.4) is 0 Å². The van der Waals surface area contributed by atoms with Gasteiger partial charge in [0, 0.05) is 18.3 Å². The average Bonchev–Trinajstić information content (AvgIpc) is 2.53. The van der Waals surface area contributed by atoms with Crippen molar-refractivity contribution in [2.24, 2.45) is 0 Å². The number of aryl methyl sites for hydroxylation is 1. The third kappa shape index (κ3) is 3.68. The third-order valence-corrected chi connectivity index (χ3v) is 3.43. The molecule has 0 spiro atoms. The van der Waals surface area contributed by atoms with Gasteiger partial charge in [0.15, 0.2) is 0 Å². The van der Waals surface area contributed by atoms with Crippen molar-refractivity contribution in [2.75, 3.05) is 17.2 Å². The van der Waals surface area contributed by atoms with Crippen LogP contribution in [0.2, 0.25) is 0 Å². The van der Waals surface area contributed by atoms with E-state index < -0.39 is 0 Å². The van der Waals surface area contributed by atoms with Crippen LogP contribution in [0.1, 0.15) is 37.6 Å². The minimum Gasteiger partial charge on any atom is -0.370 e. The van der Waals surface area contributed by atoms with Gasteiger partial charge in [-0.25, -0.2) is 9.97 Å². The summed E-state index contributed by atoms with van der Waals surface area (Å²) in [5.74, 6) is 1.80. The van der Waals surface area contributed by atoms with Gasteiger partial charge in [0.1, 0.15) is 18.0 Å². The summed E-state index contributed by atoms with van der Waals surface area (Å²) in [7, 11) is 0. The standard InChI is InChI=1S/C16H23N5/c1-4-12-8-7-9-18-14(12)10-19-16-13(5-2)15(17-6-3)20-11-21-16/h7-9,11H,4-6,10H2,1-3H3,(H2,17,19,20,21). The molecular formula is C16H23N5. The van der Waals surface area contributed by atoms with Crippen LogP contribution >= 0.6 is 0 Å². The SMILES string of the molecule is CCNc1ncnc(NCc2ncccc2CC)c1CC. The Morgan fingerprint density at radius 2 is 1.71 bits per heavy atom. The van der Waals surface area contributed by atoms with Gasteiger partial charge in [-0.3, -0.25) is 4.98 Å². The molecule has 0 aliphatic rings. The summed E-state index contributed by atoms with van der Waals surface area (Å²) in [5.41, 5.74) is 3.46. The fraction of sp³-hybridized carbons (Fsp3) is 0.438. The Morgan fingerprint density at radius 3 is 2.38 bits per heavy atom. The zero-order valence-electron chi connectivity index (χ0n) is 13.0. The number of hydrogen-bond donors (Lipinski definition) is 2. The summed E-state index contributed by atoms with van der Waals surface area (Å²) >= 11 is 0. The quantitative estimate of drug-likeness (QED) is 0.818. The maximum atomic E-state index is 4.46. The molecule has 0 saturated heterocycles. The molecule has 0 radical (unpaired) electrons. The molecule has 5 heteroatoms. The second-order valence-electron chi connectivity index (χ2n) is 4.75. The monoisotopic (exact) mass is 285 g/mol. The maximum Gasteiger partial charge on any atom is 0.135 e. The molecule has 2 N–H and O–H groups in total. The number of aromatic nitrogens is 3. The summed E-state index contributed by atoms with van der Waals surface area (Å²) in [5, 5.41) is 6.68. The molecule has 21 heavy (non-hydrogen) atoms. The Labute approximate surface area is 126 Å². The molecule has 0 bridgehead atoms. The van der Waals surface area contributed by atoms with Gasteiger partial charge in [0.2, 0.25) is 0 Å². The van der Waals surface area contributed by atoms with Gasteiger partial charge in [0.05, 0.1) is 12.2 Å². The summed E-state index contributed by atoms with van der Waals surface area (Å²) in [6.07, 6.45) is 5.30. The van der Waals surface area contributed by atoms with Crippen molar-refractivity contribution >= 4 is 11.6 Å². The second kappa shape index (κ2) is 7.57. The van der Waals surface area contributed by atoms with Crippen molar-refractivity contribution in [1.29, 1.82) is 0 Å². The minimum atomic E-state index is 0.680. The molecule has 2 aromatic heterocycles. The second-order valence-corrected chi connectivity index (χ2v) is 4.75. The van der Waals surface area contributed by atoms with Gasteiger partial charge >= 0.3 is 0 Å². The first-order valence-electron chi connectivity index (χ1n) is 7.54. The van der Waals surface area contributed by atoms with Crippen LogP contribution in [0.5, 0.6) is 0 Å². The maximum absolute atomic E-state index is 4.46. The molecule has 112 valence electrons. The predicted molar refractivity (Wildman–Crippen MR) is 86.5 cm³/mol. The summed E-state index contributed by atoms with van der Waals surface area (Å²) in [6, 6.07) is 4.10. The smallest absolute Gasteiger partial charge is 0.135 e. The molecular weight excluding hydrogens is 262 g/mol. The van der Waals surface area contributed by atoms with E-state index in [2.05, 4.69) is 52.4 Å². The largest absolute Gasteiger partial charge is 0.370 e. The van der Waals surface area contributed by atoms with Crippen LogP contribution in [0.25, 0.3) is 0 Å². The molecule has 2 rings (SSSR count). The van der Waals surface area contributed by atoms with E-state index in [4.69, 9.17) is 0 Å². The van der Waals surface area contributed by atoms with E-state index in [1.165, 1.54) is 5.56 Å². The van der Waals surface area contributed by atoms with E-state index in [9.17, 15) is 0 Å². The first-order valence-corrected chi connectivity index (χ1v) is 7.54. The van der Waals surface area contributed by atoms with Crippen molar-refractivity contribution in [2.45, 2.75) is 40.2 Å². The predicted octanol–water partition coefficient (Wildman–Crippen LogP) is 3.04. The van der Waals surface area contributed by atoms with Crippen molar-refractivity contribution in [1.82, 2.24) is 15.0 Å². The average molecular weight is 285 g/mol. The highest BCUT2D eigenvalue weighted by Crippen LogP contribution is 2.21. The van der Waals surface area contributed by atoms with Crippen LogP contribution in [0.4, 0.5) is 11.6 Å². The van der Waals surface area contributed by atoms with E-state index in [-0.39, 0.29) is 0 Å². The van der Waals surface area contributed by atoms with Gasteiger partial charge in [-0.15, -0.1) is 0 Å². The van der Waals surface area contributed by atoms with Crippen LogP contribution in [0.15, 0.2) is 24.7 Å². The molecule has 0 atom stereocenters. The number of pyridine rings is 1. The Kier molecular flexibility index (Phi) is 5.49. The van der Waals surface area contributed by atoms with Gasteiger partial charge in [-0.05, 0) is 31.4 Å². The zero-order valence-corrected chi connectivity index (χ0v) is 13.0. The van der Waals surface area contributed by atoms with Crippen molar-refractivity contribution in [3.63, 3.8) is 0 Å². The minimum absolute atomic E-state index is 0.680. The topological polar surface area (TPSA) is 62.7 Å². The van der Waals surface area contributed by atoms with E-state index in [0.29, 0.717) is 6.54 Å². The van der Waals surface area contributed by atoms with Gasteiger partial charge in [-0.1, -0.05) is 19.9 Å². The van der Waals surface area contributed by atoms with E-state index in [1.807, 2.05) is 12.3 Å². The van der Waals surface area contributed by atoms with Gasteiger partial charge < -0.3 is 10.6 Å². The lowest BCUT2D eigenvalue weighted by molar-refractivity contribution is 0.946. The lowest BCUT2D eigenvalue weighted by atomic mass is 10.1. The van der Waals surface area contributed by atoms with Crippen LogP contribution in [-0.2, 0) is 19.4 Å². The van der Waals surface area contributed by atoms with Crippen molar-refractivity contribution < 1.29 is 0 Å². The molecule has 2 heterocycles. The summed E-state index contributed by atoms with van der Waals surface area (Å²) < 4.78 is 0. The number of nitrogens with one attached hydrogen (secondary N) is 2. The number of anilines is 2. The summed E-state index contributed by atoms with van der Waals surface area (Å²) in [4.78, 5) is 13.1. The van der Waals surface area contributed by atoms with Gasteiger partial charge in [-0.2, -0.15) is 0 Å². The molecule has 0 aliphatic heterocycles. The lowest BCUT2D eigenvalue weighted by Crippen LogP contribution is -2.11. The Bertz CT molecular complexity index is 583. The fourth-order valence-electron chi connectivity index (χ4n) is 2.34. The molecule has 0 amide bonds. The number of nitrogens with zero attached hydrogens (tertiary/aromatic N) is 3. The summed E-state index contributed by atoms with van der Waals surface area (Å²) in [6.45, 7) is 7.86. The van der Waals surface area contributed by atoms with E-state index >= 15 is 0 Å². The lowest BCUT2D eigenvalue weighted by Gasteiger charge is -2.14. The highest BCUT2D eigenvalue weighted by molar-refractivity contribution is 5.57. The molecule has 0 saturated carbocycles. The first-order chi connectivity index (χ1) is 10.3. The molecule has 2 aromatic rings. The van der Waals surface area contributed by atoms with Crippen LogP contribution in [-0.4, -0.2) is 21.5 Å². The normalized spacial score (nSPS) is 10.4. The fourth-order valence-corrected chi connectivity index (χ4v) is 2.34. The zero-order chi connectivity index (χ0) is 15.1. The van der Waals surface area contributed by atoms with E-state index in [0.717, 1.165) is 42.3 Å².